The van der Waals surface area contributed by atoms with Gasteiger partial charge in [0.25, 0.3) is 0 Å². The predicted molar refractivity (Wildman–Crippen MR) is 86.8 cm³/mol. The summed E-state index contributed by atoms with van der Waals surface area (Å²) in [6.45, 7) is 13.9. The maximum Gasteiger partial charge on any atom is 0.106 e. The van der Waals surface area contributed by atoms with Gasteiger partial charge in [-0.1, -0.05) is 6.92 Å². The third-order valence-corrected chi connectivity index (χ3v) is 5.06. The summed E-state index contributed by atoms with van der Waals surface area (Å²) in [4.78, 5) is 2.79. The van der Waals surface area contributed by atoms with Crippen molar-refractivity contribution in [3.05, 3.63) is 44.0 Å². The highest BCUT2D eigenvalue weighted by Crippen LogP contribution is 2.36. The third-order valence-electron chi connectivity index (χ3n) is 3.85. The molecule has 3 heteroatoms. The number of hydrogen-bond donors (Lipinski definition) is 1. The van der Waals surface area contributed by atoms with E-state index in [0.717, 1.165) is 24.5 Å². The minimum atomic E-state index is 0.256. The Balaban J connectivity index is 2.50. The molecule has 0 fully saturated rings. The highest BCUT2D eigenvalue weighted by Gasteiger charge is 2.24. The fourth-order valence-electron chi connectivity index (χ4n) is 2.80. The molecule has 0 spiro atoms. The number of hydrogen-bond acceptors (Lipinski definition) is 3. The lowest BCUT2D eigenvalue weighted by molar-refractivity contribution is 0.493. The van der Waals surface area contributed by atoms with Gasteiger partial charge in [0, 0.05) is 15.3 Å². The van der Waals surface area contributed by atoms with Crippen molar-refractivity contribution in [3.63, 3.8) is 0 Å². The Labute approximate surface area is 126 Å². The van der Waals surface area contributed by atoms with Crippen molar-refractivity contribution in [1.82, 2.24) is 5.32 Å². The van der Waals surface area contributed by atoms with Crippen LogP contribution in [0.1, 0.15) is 57.4 Å². The SMILES string of the molecule is CCCNC(c1sc(C)cc1C)c1c(C)oc(C)c1C. The molecule has 0 radical (unpaired) electrons. The number of aryl methyl sites for hydroxylation is 4. The van der Waals surface area contributed by atoms with E-state index >= 15 is 0 Å². The molecule has 1 unspecified atom stereocenters. The number of nitrogens with one attached hydrogen (secondary N) is 1. The fraction of sp³-hybridized carbons (Fsp3) is 0.529. The molecule has 1 N–H and O–H groups in total. The van der Waals surface area contributed by atoms with Gasteiger partial charge in [-0.2, -0.15) is 0 Å². The van der Waals surface area contributed by atoms with Crippen LogP contribution >= 0.6 is 11.3 Å². The van der Waals surface area contributed by atoms with Gasteiger partial charge in [-0.3, -0.25) is 0 Å². The van der Waals surface area contributed by atoms with Crippen LogP contribution in [0.15, 0.2) is 10.5 Å². The second kappa shape index (κ2) is 6.15. The summed E-state index contributed by atoms with van der Waals surface area (Å²) < 4.78 is 5.84. The molecule has 0 aliphatic carbocycles. The molecule has 0 aromatic carbocycles. The molecule has 110 valence electrons. The van der Waals surface area contributed by atoms with Gasteiger partial charge in [-0.15, -0.1) is 11.3 Å². The van der Waals surface area contributed by atoms with Crippen LogP contribution in [-0.2, 0) is 0 Å². The van der Waals surface area contributed by atoms with E-state index in [1.807, 2.05) is 11.3 Å². The molecular formula is C17H25NOS. The molecule has 0 bridgehead atoms. The minimum Gasteiger partial charge on any atom is -0.466 e. The smallest absolute Gasteiger partial charge is 0.106 e. The van der Waals surface area contributed by atoms with E-state index in [4.69, 9.17) is 4.42 Å². The summed E-state index contributed by atoms with van der Waals surface area (Å²) in [5.74, 6) is 2.07. The van der Waals surface area contributed by atoms with Gasteiger partial charge in [0.05, 0.1) is 6.04 Å². The Morgan fingerprint density at radius 3 is 2.30 bits per heavy atom. The topological polar surface area (TPSA) is 25.2 Å². The third kappa shape index (κ3) is 2.84. The average Bonchev–Trinajstić information content (AvgIpc) is 2.83. The Morgan fingerprint density at radius 2 is 1.85 bits per heavy atom. The van der Waals surface area contributed by atoms with Crippen LogP contribution in [0, 0.1) is 34.6 Å². The van der Waals surface area contributed by atoms with Gasteiger partial charge in [0.2, 0.25) is 0 Å². The van der Waals surface area contributed by atoms with Crippen LogP contribution in [0.3, 0.4) is 0 Å². The van der Waals surface area contributed by atoms with Gasteiger partial charge in [-0.25, -0.2) is 0 Å². The summed E-state index contributed by atoms with van der Waals surface area (Å²) in [6.07, 6.45) is 1.13. The molecule has 2 heterocycles. The predicted octanol–water partition coefficient (Wildman–Crippen LogP) is 4.97. The zero-order chi connectivity index (χ0) is 14.9. The fourth-order valence-corrected chi connectivity index (χ4v) is 3.92. The minimum absolute atomic E-state index is 0.256. The van der Waals surface area contributed by atoms with Gasteiger partial charge in [0.1, 0.15) is 11.5 Å². The first-order valence-electron chi connectivity index (χ1n) is 7.32. The molecule has 2 rings (SSSR count). The second-order valence-electron chi connectivity index (χ2n) is 5.54. The maximum atomic E-state index is 5.84. The zero-order valence-corrected chi connectivity index (χ0v) is 14.2. The van der Waals surface area contributed by atoms with E-state index in [2.05, 4.69) is 52.9 Å². The van der Waals surface area contributed by atoms with E-state index in [1.165, 1.54) is 26.4 Å². The van der Waals surface area contributed by atoms with Crippen LogP contribution in [0.5, 0.6) is 0 Å². The molecule has 0 aliphatic heterocycles. The summed E-state index contributed by atoms with van der Waals surface area (Å²) in [7, 11) is 0. The lowest BCUT2D eigenvalue weighted by atomic mass is 9.98. The largest absolute Gasteiger partial charge is 0.466 e. The molecule has 2 aromatic rings. The first-order valence-corrected chi connectivity index (χ1v) is 8.14. The first-order chi connectivity index (χ1) is 9.45. The Kier molecular flexibility index (Phi) is 4.71. The number of rotatable bonds is 5. The van der Waals surface area contributed by atoms with Crippen molar-refractivity contribution in [2.75, 3.05) is 6.54 Å². The molecule has 2 aromatic heterocycles. The van der Waals surface area contributed by atoms with Crippen molar-refractivity contribution >= 4 is 11.3 Å². The van der Waals surface area contributed by atoms with E-state index in [-0.39, 0.29) is 6.04 Å². The van der Waals surface area contributed by atoms with E-state index < -0.39 is 0 Å². The lowest BCUT2D eigenvalue weighted by Gasteiger charge is -2.19. The molecule has 0 aliphatic rings. The summed E-state index contributed by atoms with van der Waals surface area (Å²) in [5.41, 5.74) is 3.97. The Bertz CT molecular complexity index is 594. The number of furan rings is 1. The van der Waals surface area contributed by atoms with E-state index in [9.17, 15) is 0 Å². The van der Waals surface area contributed by atoms with Crippen LogP contribution < -0.4 is 5.32 Å². The molecule has 0 amide bonds. The second-order valence-corrected chi connectivity index (χ2v) is 6.83. The lowest BCUT2D eigenvalue weighted by Crippen LogP contribution is -2.23. The van der Waals surface area contributed by atoms with Crippen molar-refractivity contribution < 1.29 is 4.42 Å². The standard InChI is InChI=1S/C17H25NOS/c1-7-8-18-16(17-10(2)9-11(3)20-17)15-12(4)13(5)19-14(15)6/h9,16,18H,7-8H2,1-6H3. The highest BCUT2D eigenvalue weighted by molar-refractivity contribution is 7.12. The molecule has 1 atom stereocenters. The van der Waals surface area contributed by atoms with Crippen LogP contribution in [0.2, 0.25) is 0 Å². The summed E-state index contributed by atoms with van der Waals surface area (Å²) >= 11 is 1.89. The molecular weight excluding hydrogens is 266 g/mol. The monoisotopic (exact) mass is 291 g/mol. The molecule has 20 heavy (non-hydrogen) atoms. The quantitative estimate of drug-likeness (QED) is 0.841. The maximum absolute atomic E-state index is 5.84. The zero-order valence-electron chi connectivity index (χ0n) is 13.4. The number of thiophene rings is 1. The molecule has 2 nitrogen and oxygen atoms in total. The Hall–Kier alpha value is -1.06. The van der Waals surface area contributed by atoms with Gasteiger partial charge < -0.3 is 9.73 Å². The van der Waals surface area contributed by atoms with Gasteiger partial charge >= 0.3 is 0 Å². The van der Waals surface area contributed by atoms with E-state index in [1.54, 1.807) is 0 Å². The van der Waals surface area contributed by atoms with Crippen molar-refractivity contribution in [3.8, 4) is 0 Å². The van der Waals surface area contributed by atoms with Gasteiger partial charge in [0.15, 0.2) is 0 Å². The average molecular weight is 291 g/mol. The van der Waals surface area contributed by atoms with Crippen molar-refractivity contribution in [2.45, 2.75) is 54.0 Å². The van der Waals surface area contributed by atoms with Gasteiger partial charge in [-0.05, 0) is 64.8 Å². The molecule has 0 saturated carbocycles. The summed E-state index contributed by atoms with van der Waals surface area (Å²) in [6, 6.07) is 2.53. The normalized spacial score (nSPS) is 12.9. The van der Waals surface area contributed by atoms with Crippen LogP contribution in [0.25, 0.3) is 0 Å². The Morgan fingerprint density at radius 1 is 1.15 bits per heavy atom. The van der Waals surface area contributed by atoms with Crippen molar-refractivity contribution in [2.24, 2.45) is 0 Å². The van der Waals surface area contributed by atoms with Crippen LogP contribution in [-0.4, -0.2) is 6.54 Å². The van der Waals surface area contributed by atoms with E-state index in [0.29, 0.717) is 0 Å². The first kappa shape index (κ1) is 15.3. The molecule has 0 saturated heterocycles. The van der Waals surface area contributed by atoms with Crippen LogP contribution in [0.4, 0.5) is 0 Å². The van der Waals surface area contributed by atoms with Crippen molar-refractivity contribution in [1.29, 1.82) is 0 Å². The highest BCUT2D eigenvalue weighted by atomic mass is 32.1. The summed E-state index contributed by atoms with van der Waals surface area (Å²) in [5, 5.41) is 3.70.